The predicted octanol–water partition coefficient (Wildman–Crippen LogP) is 0.00930. The third-order valence-electron chi connectivity index (χ3n) is 2.11. The highest BCUT2D eigenvalue weighted by Crippen LogP contribution is 2.05. The summed E-state index contributed by atoms with van der Waals surface area (Å²) in [7, 11) is 0. The lowest BCUT2D eigenvalue weighted by molar-refractivity contribution is -0.122. The SMILES string of the molecule is CC(CCO)CNC(=O)C1=COCCO1. The molecule has 1 heterocycles. The van der Waals surface area contributed by atoms with Crippen molar-refractivity contribution in [2.24, 2.45) is 5.92 Å². The number of nitrogens with one attached hydrogen (secondary N) is 1. The number of rotatable bonds is 5. The van der Waals surface area contributed by atoms with Gasteiger partial charge in [0.2, 0.25) is 5.76 Å². The maximum Gasteiger partial charge on any atom is 0.289 e. The lowest BCUT2D eigenvalue weighted by Crippen LogP contribution is -2.32. The van der Waals surface area contributed by atoms with Gasteiger partial charge in [0, 0.05) is 13.2 Å². The van der Waals surface area contributed by atoms with Crippen LogP contribution in [-0.4, -0.2) is 37.4 Å². The van der Waals surface area contributed by atoms with Crippen molar-refractivity contribution in [3.05, 3.63) is 12.0 Å². The Hall–Kier alpha value is -1.23. The minimum absolute atomic E-state index is 0.138. The number of amides is 1. The van der Waals surface area contributed by atoms with E-state index in [9.17, 15) is 4.79 Å². The van der Waals surface area contributed by atoms with E-state index in [-0.39, 0.29) is 24.2 Å². The molecule has 5 heteroatoms. The van der Waals surface area contributed by atoms with Crippen molar-refractivity contribution in [1.29, 1.82) is 0 Å². The van der Waals surface area contributed by atoms with E-state index in [1.54, 1.807) is 0 Å². The maximum atomic E-state index is 11.5. The average Bonchev–Trinajstić information content (AvgIpc) is 2.27. The van der Waals surface area contributed by atoms with Gasteiger partial charge in [0.15, 0.2) is 0 Å². The van der Waals surface area contributed by atoms with Gasteiger partial charge in [0.05, 0.1) is 0 Å². The fraction of sp³-hybridized carbons (Fsp3) is 0.700. The molecule has 0 aromatic carbocycles. The first-order chi connectivity index (χ1) is 7.24. The van der Waals surface area contributed by atoms with E-state index in [1.807, 2.05) is 6.92 Å². The van der Waals surface area contributed by atoms with Crippen molar-refractivity contribution in [3.8, 4) is 0 Å². The van der Waals surface area contributed by atoms with Crippen LogP contribution >= 0.6 is 0 Å². The summed E-state index contributed by atoms with van der Waals surface area (Å²) < 4.78 is 10.1. The molecule has 5 nitrogen and oxygen atoms in total. The van der Waals surface area contributed by atoms with Crippen molar-refractivity contribution in [3.63, 3.8) is 0 Å². The molecular formula is C10H17NO4. The van der Waals surface area contributed by atoms with E-state index in [2.05, 4.69) is 5.32 Å². The Morgan fingerprint density at radius 1 is 1.67 bits per heavy atom. The first-order valence-electron chi connectivity index (χ1n) is 5.07. The monoisotopic (exact) mass is 215 g/mol. The molecule has 2 N–H and O–H groups in total. The van der Waals surface area contributed by atoms with Gasteiger partial charge in [-0.05, 0) is 12.3 Å². The van der Waals surface area contributed by atoms with Crippen molar-refractivity contribution in [1.82, 2.24) is 5.32 Å². The highest BCUT2D eigenvalue weighted by molar-refractivity contribution is 5.91. The Morgan fingerprint density at radius 3 is 3.07 bits per heavy atom. The predicted molar refractivity (Wildman–Crippen MR) is 53.9 cm³/mol. The van der Waals surface area contributed by atoms with Gasteiger partial charge in [0.1, 0.15) is 19.5 Å². The molecule has 0 saturated heterocycles. The van der Waals surface area contributed by atoms with Crippen LogP contribution in [0.1, 0.15) is 13.3 Å². The van der Waals surface area contributed by atoms with E-state index >= 15 is 0 Å². The van der Waals surface area contributed by atoms with Gasteiger partial charge < -0.3 is 19.9 Å². The van der Waals surface area contributed by atoms with Gasteiger partial charge in [-0.1, -0.05) is 6.92 Å². The molecule has 1 rings (SSSR count). The number of carbonyl (C=O) groups is 1. The summed E-state index contributed by atoms with van der Waals surface area (Å²) in [6, 6.07) is 0. The fourth-order valence-electron chi connectivity index (χ4n) is 1.16. The molecule has 0 aromatic heterocycles. The second-order valence-electron chi connectivity index (χ2n) is 3.53. The molecule has 0 radical (unpaired) electrons. The van der Waals surface area contributed by atoms with Crippen molar-refractivity contribution in [2.75, 3.05) is 26.4 Å². The summed E-state index contributed by atoms with van der Waals surface area (Å²) in [5.74, 6) is 0.209. The molecule has 0 spiro atoms. The molecule has 1 atom stereocenters. The quantitative estimate of drug-likeness (QED) is 0.678. The molecule has 0 bridgehead atoms. The van der Waals surface area contributed by atoms with Gasteiger partial charge >= 0.3 is 0 Å². The molecule has 86 valence electrons. The summed E-state index contributed by atoms with van der Waals surface area (Å²) in [4.78, 5) is 11.5. The molecular weight excluding hydrogens is 198 g/mol. The van der Waals surface area contributed by atoms with E-state index in [4.69, 9.17) is 14.6 Å². The Labute approximate surface area is 89.1 Å². The largest absolute Gasteiger partial charge is 0.494 e. The van der Waals surface area contributed by atoms with E-state index in [0.717, 1.165) is 0 Å². The first-order valence-corrected chi connectivity index (χ1v) is 5.07. The topological polar surface area (TPSA) is 67.8 Å². The van der Waals surface area contributed by atoms with Crippen LogP contribution in [0.5, 0.6) is 0 Å². The van der Waals surface area contributed by atoms with Crippen LogP contribution in [-0.2, 0) is 14.3 Å². The number of hydrogen-bond donors (Lipinski definition) is 2. The third-order valence-corrected chi connectivity index (χ3v) is 2.11. The van der Waals surface area contributed by atoms with Gasteiger partial charge in [-0.2, -0.15) is 0 Å². The molecule has 15 heavy (non-hydrogen) atoms. The number of hydrogen-bond acceptors (Lipinski definition) is 4. The smallest absolute Gasteiger partial charge is 0.289 e. The lowest BCUT2D eigenvalue weighted by Gasteiger charge is -2.16. The molecule has 0 saturated carbocycles. The number of ether oxygens (including phenoxy) is 2. The van der Waals surface area contributed by atoms with E-state index in [0.29, 0.717) is 26.2 Å². The van der Waals surface area contributed by atoms with Crippen molar-refractivity contribution in [2.45, 2.75) is 13.3 Å². The zero-order valence-corrected chi connectivity index (χ0v) is 8.86. The number of carbonyl (C=O) groups excluding carboxylic acids is 1. The second-order valence-corrected chi connectivity index (χ2v) is 3.53. The Balaban J connectivity index is 2.26. The zero-order chi connectivity index (χ0) is 11.1. The minimum Gasteiger partial charge on any atom is -0.494 e. The van der Waals surface area contributed by atoms with Crippen LogP contribution < -0.4 is 5.32 Å². The highest BCUT2D eigenvalue weighted by atomic mass is 16.6. The first kappa shape index (κ1) is 11.8. The second kappa shape index (κ2) is 6.29. The lowest BCUT2D eigenvalue weighted by atomic mass is 10.1. The minimum atomic E-state index is -0.264. The standard InChI is InChI=1S/C10H17NO4/c1-8(2-3-12)6-11-10(13)9-7-14-4-5-15-9/h7-8,12H,2-6H2,1H3,(H,11,13). The average molecular weight is 215 g/mol. The highest BCUT2D eigenvalue weighted by Gasteiger charge is 2.15. The Kier molecular flexibility index (Phi) is 4.97. The van der Waals surface area contributed by atoms with Gasteiger partial charge in [0.25, 0.3) is 5.91 Å². The van der Waals surface area contributed by atoms with Gasteiger partial charge in [-0.15, -0.1) is 0 Å². The Bertz CT molecular complexity index is 240. The van der Waals surface area contributed by atoms with E-state index in [1.165, 1.54) is 6.26 Å². The third kappa shape index (κ3) is 4.20. The molecule has 1 aliphatic rings. The van der Waals surface area contributed by atoms with Crippen LogP contribution in [0, 0.1) is 5.92 Å². The molecule has 1 unspecified atom stereocenters. The summed E-state index contributed by atoms with van der Waals surface area (Å²) in [6.45, 7) is 3.52. The molecule has 0 aromatic rings. The molecule has 1 amide bonds. The van der Waals surface area contributed by atoms with Crippen molar-refractivity contribution < 1.29 is 19.4 Å². The normalized spacial score (nSPS) is 17.1. The van der Waals surface area contributed by atoms with Crippen LogP contribution in [0.15, 0.2) is 12.0 Å². The van der Waals surface area contributed by atoms with Crippen LogP contribution in [0.25, 0.3) is 0 Å². The summed E-state index contributed by atoms with van der Waals surface area (Å²) >= 11 is 0. The number of aliphatic hydroxyl groups is 1. The van der Waals surface area contributed by atoms with Crippen molar-refractivity contribution >= 4 is 5.91 Å². The molecule has 0 fully saturated rings. The maximum absolute atomic E-state index is 11.5. The van der Waals surface area contributed by atoms with Gasteiger partial charge in [-0.25, -0.2) is 0 Å². The molecule has 1 aliphatic heterocycles. The summed E-state index contributed by atoms with van der Waals surface area (Å²) in [6.07, 6.45) is 2.01. The van der Waals surface area contributed by atoms with Gasteiger partial charge in [-0.3, -0.25) is 4.79 Å². The summed E-state index contributed by atoms with van der Waals surface area (Å²) in [5, 5.41) is 11.4. The van der Waals surface area contributed by atoms with E-state index < -0.39 is 0 Å². The van der Waals surface area contributed by atoms with Crippen LogP contribution in [0.4, 0.5) is 0 Å². The Morgan fingerprint density at radius 2 is 2.47 bits per heavy atom. The number of aliphatic hydroxyl groups excluding tert-OH is 1. The summed E-state index contributed by atoms with van der Waals surface area (Å²) in [5.41, 5.74) is 0. The zero-order valence-electron chi connectivity index (χ0n) is 8.86. The molecule has 0 aliphatic carbocycles. The van der Waals surface area contributed by atoms with Crippen LogP contribution in [0.3, 0.4) is 0 Å². The van der Waals surface area contributed by atoms with Crippen LogP contribution in [0.2, 0.25) is 0 Å². The fourth-order valence-corrected chi connectivity index (χ4v) is 1.16.